The second-order valence-corrected chi connectivity index (χ2v) is 13.2. The molecule has 1 atom stereocenters. The van der Waals surface area contributed by atoms with Gasteiger partial charge in [0.2, 0.25) is 5.91 Å². The van der Waals surface area contributed by atoms with Crippen molar-refractivity contribution in [3.8, 4) is 5.75 Å². The fourth-order valence-electron chi connectivity index (χ4n) is 5.52. The van der Waals surface area contributed by atoms with Crippen molar-refractivity contribution in [2.75, 3.05) is 20.1 Å². The zero-order valence-electron chi connectivity index (χ0n) is 29.7. The van der Waals surface area contributed by atoms with E-state index in [0.717, 1.165) is 51.4 Å². The molecule has 0 bridgehead atoms. The number of nitrogens with zero attached hydrogens (tertiary/aromatic N) is 2. The fourth-order valence-corrected chi connectivity index (χ4v) is 5.65. The van der Waals surface area contributed by atoms with Gasteiger partial charge in [-0.25, -0.2) is 0 Å². The van der Waals surface area contributed by atoms with E-state index in [-0.39, 0.29) is 23.6 Å². The first-order valence-electron chi connectivity index (χ1n) is 17.5. The fraction of sp³-hybridized carbons (Fsp3) is 0.405. The van der Waals surface area contributed by atoms with Crippen LogP contribution in [0.3, 0.4) is 0 Å². The van der Waals surface area contributed by atoms with Crippen LogP contribution in [0.5, 0.6) is 5.75 Å². The highest BCUT2D eigenvalue weighted by Gasteiger charge is 2.39. The number of hydrogen-bond acceptors (Lipinski definition) is 4. The molecule has 1 fully saturated rings. The Morgan fingerprint density at radius 2 is 1.33 bits per heavy atom. The molecule has 0 saturated carbocycles. The van der Waals surface area contributed by atoms with Crippen LogP contribution >= 0.6 is 11.6 Å². The van der Waals surface area contributed by atoms with E-state index in [1.807, 2.05) is 7.05 Å². The maximum Gasteiger partial charge on any atom is 0.266 e. The molecule has 3 rings (SSSR count). The Hall–Kier alpha value is -4.16. The number of amides is 2. The molecule has 1 saturated heterocycles. The molecule has 0 radical (unpaired) electrons. The summed E-state index contributed by atoms with van der Waals surface area (Å²) in [4.78, 5) is 42.7. The molecule has 2 aromatic rings. The minimum atomic E-state index is -1.11. The molecule has 2 amide bonds. The molecule has 1 unspecified atom stereocenters. The van der Waals surface area contributed by atoms with Crippen LogP contribution in [0.4, 0.5) is 0 Å². The summed E-state index contributed by atoms with van der Waals surface area (Å²) in [5, 5.41) is 0.572. The van der Waals surface area contributed by atoms with Crippen LogP contribution in [0.1, 0.15) is 94.5 Å². The lowest BCUT2D eigenvalue weighted by Crippen LogP contribution is -2.49. The average molecular weight is 685 g/mol. The van der Waals surface area contributed by atoms with Gasteiger partial charge in [0, 0.05) is 42.7 Å². The highest BCUT2D eigenvalue weighted by atomic mass is 35.5. The first-order valence-corrected chi connectivity index (χ1v) is 17.9. The van der Waals surface area contributed by atoms with Gasteiger partial charge in [-0.2, -0.15) is 0 Å². The van der Waals surface area contributed by atoms with Gasteiger partial charge in [0.25, 0.3) is 5.91 Å². The Bertz CT molecular complexity index is 1490. The van der Waals surface area contributed by atoms with E-state index in [2.05, 4.69) is 67.7 Å². The van der Waals surface area contributed by atoms with E-state index in [1.54, 1.807) is 72.2 Å². The van der Waals surface area contributed by atoms with Gasteiger partial charge in [-0.15, -0.1) is 0 Å². The van der Waals surface area contributed by atoms with E-state index in [4.69, 9.17) is 16.3 Å². The lowest BCUT2D eigenvalue weighted by molar-refractivity contribution is -0.145. The Morgan fingerprint density at radius 3 is 1.88 bits per heavy atom. The van der Waals surface area contributed by atoms with Gasteiger partial charge in [-0.3, -0.25) is 14.4 Å². The number of unbranched alkanes of at least 4 members (excludes halogenated alkanes) is 1. The molecule has 1 aliphatic heterocycles. The molecule has 0 aliphatic carbocycles. The molecule has 0 N–H and O–H groups in total. The quantitative estimate of drug-likeness (QED) is 0.0840. The Kier molecular flexibility index (Phi) is 16.9. The van der Waals surface area contributed by atoms with E-state index in [0.29, 0.717) is 41.4 Å². The molecule has 262 valence electrons. The number of halogens is 1. The highest BCUT2D eigenvalue weighted by molar-refractivity contribution is 6.30. The summed E-state index contributed by atoms with van der Waals surface area (Å²) in [5.74, 6) is 0.363. The van der Waals surface area contributed by atoms with Crippen LogP contribution < -0.4 is 4.74 Å². The predicted molar refractivity (Wildman–Crippen MR) is 202 cm³/mol. The largest absolute Gasteiger partial charge is 0.478 e. The van der Waals surface area contributed by atoms with Gasteiger partial charge in [0.05, 0.1) is 6.04 Å². The number of carbonyl (C=O) groups excluding carboxylic acids is 3. The van der Waals surface area contributed by atoms with Gasteiger partial charge in [0.1, 0.15) is 5.75 Å². The van der Waals surface area contributed by atoms with Gasteiger partial charge in [-0.1, -0.05) is 79.3 Å². The van der Waals surface area contributed by atoms with Gasteiger partial charge in [0.15, 0.2) is 11.4 Å². The zero-order chi connectivity index (χ0) is 35.5. The second-order valence-electron chi connectivity index (χ2n) is 12.8. The van der Waals surface area contributed by atoms with Crippen LogP contribution in [0, 0.1) is 0 Å². The summed E-state index contributed by atoms with van der Waals surface area (Å²) in [5.41, 5.74) is -0.0434. The average Bonchev–Trinajstić information content (AvgIpc) is 3.59. The summed E-state index contributed by atoms with van der Waals surface area (Å²) in [6, 6.07) is 13.5. The third kappa shape index (κ3) is 13.7. The third-order valence-electron chi connectivity index (χ3n) is 8.42. The van der Waals surface area contributed by atoms with Gasteiger partial charge >= 0.3 is 0 Å². The van der Waals surface area contributed by atoms with Crippen LogP contribution in [-0.4, -0.2) is 59.2 Å². The topological polar surface area (TPSA) is 66.9 Å². The van der Waals surface area contributed by atoms with Crippen molar-refractivity contribution in [3.05, 3.63) is 125 Å². The van der Waals surface area contributed by atoms with E-state index >= 15 is 0 Å². The maximum atomic E-state index is 13.5. The molecule has 6 nitrogen and oxygen atoms in total. The molecule has 0 aromatic heterocycles. The number of ether oxygens (including phenoxy) is 1. The van der Waals surface area contributed by atoms with E-state index in [9.17, 15) is 14.4 Å². The molecule has 49 heavy (non-hydrogen) atoms. The summed E-state index contributed by atoms with van der Waals surface area (Å²) in [7, 11) is 1.84. The van der Waals surface area contributed by atoms with Gasteiger partial charge in [-0.05, 0) is 114 Å². The second kappa shape index (κ2) is 21.0. The summed E-state index contributed by atoms with van der Waals surface area (Å²) >= 11 is 5.94. The van der Waals surface area contributed by atoms with Crippen molar-refractivity contribution in [2.24, 2.45) is 0 Å². The number of benzene rings is 2. The Balaban J connectivity index is 1.33. The minimum Gasteiger partial charge on any atom is -0.478 e. The van der Waals surface area contributed by atoms with E-state index in [1.165, 1.54) is 0 Å². The smallest absolute Gasteiger partial charge is 0.266 e. The van der Waals surface area contributed by atoms with Crippen molar-refractivity contribution in [2.45, 2.75) is 90.2 Å². The summed E-state index contributed by atoms with van der Waals surface area (Å²) < 4.78 is 6.10. The minimum absolute atomic E-state index is 0.0147. The lowest BCUT2D eigenvalue weighted by atomic mass is 10.0. The number of likely N-dealkylation sites (N-methyl/N-ethyl adjacent to an activating group) is 1. The molecule has 7 heteroatoms. The number of likely N-dealkylation sites (tertiary alicyclic amines) is 1. The van der Waals surface area contributed by atoms with Crippen LogP contribution in [0.25, 0.3) is 0 Å². The SMILES string of the molecule is CC/C=C\C/C=C\C/C=C\C/C=C\C/C=C\CCCC(=O)N(C)C1CCN(C(=O)C(C)(C)Oc2ccc(C(=O)c3ccc(Cl)cc3)cc2)C1. The summed E-state index contributed by atoms with van der Waals surface area (Å²) in [6.07, 6.45) is 29.6. The monoisotopic (exact) mass is 684 g/mol. The number of carbonyl (C=O) groups is 3. The predicted octanol–water partition coefficient (Wildman–Crippen LogP) is 9.71. The van der Waals surface area contributed by atoms with Crippen LogP contribution in [-0.2, 0) is 9.59 Å². The van der Waals surface area contributed by atoms with Crippen molar-refractivity contribution >= 4 is 29.2 Å². The number of allylic oxidation sites excluding steroid dienone is 10. The van der Waals surface area contributed by atoms with Crippen molar-refractivity contribution in [1.29, 1.82) is 0 Å². The first-order chi connectivity index (χ1) is 23.6. The van der Waals surface area contributed by atoms with Gasteiger partial charge < -0.3 is 14.5 Å². The van der Waals surface area contributed by atoms with Crippen LogP contribution in [0.15, 0.2) is 109 Å². The Morgan fingerprint density at radius 1 is 0.816 bits per heavy atom. The van der Waals surface area contributed by atoms with E-state index < -0.39 is 5.60 Å². The third-order valence-corrected chi connectivity index (χ3v) is 8.67. The molecular weight excluding hydrogens is 632 g/mol. The van der Waals surface area contributed by atoms with Crippen molar-refractivity contribution in [3.63, 3.8) is 0 Å². The standard InChI is InChI=1S/C42H53ClN2O4/c1-5-6-7-8-9-10-11-12-13-14-15-16-17-18-19-20-21-22-39(46)44(4)37-31-32-45(33-37)41(48)42(2,3)49-38-29-25-35(26-30-38)40(47)34-23-27-36(43)28-24-34/h6-7,9-10,12-13,15-16,18-19,23-30,37H,5,8,11,14,17,20-22,31-33H2,1-4H3/b7-6-,10-9-,13-12-,16-15-,19-18-. The number of ketones is 1. The molecule has 2 aromatic carbocycles. The Labute approximate surface area is 298 Å². The van der Waals surface area contributed by atoms with Crippen LogP contribution in [0.2, 0.25) is 5.02 Å². The normalized spacial score (nSPS) is 15.4. The first kappa shape index (κ1) is 39.3. The zero-order valence-corrected chi connectivity index (χ0v) is 30.4. The maximum absolute atomic E-state index is 13.5. The van der Waals surface area contributed by atoms with Crippen molar-refractivity contribution < 1.29 is 19.1 Å². The molecule has 0 spiro atoms. The lowest BCUT2D eigenvalue weighted by Gasteiger charge is -2.31. The number of hydrogen-bond donors (Lipinski definition) is 0. The number of rotatable bonds is 19. The molecular formula is C42H53ClN2O4. The molecule has 1 heterocycles. The van der Waals surface area contributed by atoms with Crippen molar-refractivity contribution in [1.82, 2.24) is 9.80 Å². The highest BCUT2D eigenvalue weighted by Crippen LogP contribution is 2.25. The summed E-state index contributed by atoms with van der Waals surface area (Å²) in [6.45, 7) is 6.70. The molecule has 1 aliphatic rings.